The standard InChI is InChI=1S/C19H20N2O3S/c1-2-13-3-6-15(20-12-13)9-10-24-16-7-4-14(5-8-16)11-17-18(22)21-19(23)25-17/h3-8,12,17H,2,9-11H2,1H3,(H,21,22,23)/t17-/m1/s1/i17D. The van der Waals surface area contributed by atoms with E-state index in [1.165, 1.54) is 5.56 Å². The van der Waals surface area contributed by atoms with Gasteiger partial charge in [0, 0.05) is 18.3 Å². The number of hydrogen-bond donors (Lipinski definition) is 1. The first kappa shape index (κ1) is 16.1. The molecule has 3 rings (SSSR count). The summed E-state index contributed by atoms with van der Waals surface area (Å²) in [6, 6.07) is 11.4. The number of nitrogens with zero attached hydrogens (tertiary/aromatic N) is 1. The summed E-state index contributed by atoms with van der Waals surface area (Å²) in [5.41, 5.74) is 3.01. The summed E-state index contributed by atoms with van der Waals surface area (Å²) >= 11 is 0.718. The Kier molecular flexibility index (Phi) is 5.27. The Morgan fingerprint density at radius 2 is 1.96 bits per heavy atom. The first-order valence-corrected chi connectivity index (χ1v) is 9.00. The van der Waals surface area contributed by atoms with Gasteiger partial charge in [0.25, 0.3) is 5.24 Å². The molecule has 0 bridgehead atoms. The number of amides is 2. The lowest BCUT2D eigenvalue weighted by Crippen LogP contribution is -2.25. The lowest BCUT2D eigenvalue weighted by atomic mass is 10.1. The van der Waals surface area contributed by atoms with Gasteiger partial charge in [-0.3, -0.25) is 19.9 Å². The van der Waals surface area contributed by atoms with E-state index in [9.17, 15) is 9.59 Å². The van der Waals surface area contributed by atoms with Crippen molar-refractivity contribution in [1.29, 1.82) is 0 Å². The summed E-state index contributed by atoms with van der Waals surface area (Å²) in [5.74, 6) is 0.159. The third kappa shape index (κ3) is 4.82. The summed E-state index contributed by atoms with van der Waals surface area (Å²) in [5, 5.41) is 0.199. The molecule has 0 saturated carbocycles. The van der Waals surface area contributed by atoms with Crippen molar-refractivity contribution in [1.82, 2.24) is 10.3 Å². The zero-order valence-electron chi connectivity index (χ0n) is 15.0. The van der Waals surface area contributed by atoms with Crippen molar-refractivity contribution >= 4 is 22.9 Å². The lowest BCUT2D eigenvalue weighted by Gasteiger charge is -2.09. The van der Waals surface area contributed by atoms with Gasteiger partial charge in [-0.2, -0.15) is 0 Å². The second-order valence-electron chi connectivity index (χ2n) is 5.70. The Balaban J connectivity index is 1.51. The summed E-state index contributed by atoms with van der Waals surface area (Å²) in [6.45, 7) is 2.62. The smallest absolute Gasteiger partial charge is 0.286 e. The van der Waals surface area contributed by atoms with E-state index in [1.807, 2.05) is 36.5 Å². The molecule has 1 aliphatic rings. The molecule has 2 amide bonds. The summed E-state index contributed by atoms with van der Waals surface area (Å²) < 4.78 is 13.9. The van der Waals surface area contributed by atoms with Crippen molar-refractivity contribution in [3.05, 3.63) is 59.4 Å². The fraction of sp³-hybridized carbons (Fsp3) is 0.316. The molecule has 1 fully saturated rings. The van der Waals surface area contributed by atoms with Crippen LogP contribution in [0.4, 0.5) is 4.79 Å². The van der Waals surface area contributed by atoms with Crippen LogP contribution in [0.2, 0.25) is 0 Å². The quantitative estimate of drug-likeness (QED) is 0.824. The second kappa shape index (κ2) is 8.16. The van der Waals surface area contributed by atoms with Crippen molar-refractivity contribution in [2.24, 2.45) is 0 Å². The number of imide groups is 1. The first-order valence-electron chi connectivity index (χ1n) is 8.68. The maximum Gasteiger partial charge on any atom is 0.286 e. The topological polar surface area (TPSA) is 68.3 Å². The lowest BCUT2D eigenvalue weighted by molar-refractivity contribution is -0.118. The fourth-order valence-electron chi connectivity index (χ4n) is 2.44. The Morgan fingerprint density at radius 1 is 1.20 bits per heavy atom. The van der Waals surface area contributed by atoms with Crippen molar-refractivity contribution in [2.75, 3.05) is 6.61 Å². The number of aryl methyl sites for hydroxylation is 1. The monoisotopic (exact) mass is 357 g/mol. The third-order valence-electron chi connectivity index (χ3n) is 3.89. The molecule has 2 aromatic rings. The molecule has 25 heavy (non-hydrogen) atoms. The van der Waals surface area contributed by atoms with Crippen molar-refractivity contribution in [3.8, 4) is 5.75 Å². The highest BCUT2D eigenvalue weighted by molar-refractivity contribution is 8.15. The molecule has 0 spiro atoms. The van der Waals surface area contributed by atoms with E-state index >= 15 is 0 Å². The van der Waals surface area contributed by atoms with E-state index < -0.39 is 16.4 Å². The van der Waals surface area contributed by atoms with Gasteiger partial charge >= 0.3 is 0 Å². The molecule has 5 nitrogen and oxygen atoms in total. The number of aromatic nitrogens is 1. The summed E-state index contributed by atoms with van der Waals surface area (Å²) in [6.07, 6.45) is 3.76. The molecule has 2 heterocycles. The Hall–Kier alpha value is -2.34. The van der Waals surface area contributed by atoms with E-state index in [4.69, 9.17) is 6.11 Å². The van der Waals surface area contributed by atoms with Crippen molar-refractivity contribution in [2.45, 2.75) is 31.4 Å². The van der Waals surface area contributed by atoms with Crippen molar-refractivity contribution < 1.29 is 15.7 Å². The molecule has 6 heteroatoms. The zero-order valence-corrected chi connectivity index (χ0v) is 14.8. The predicted molar refractivity (Wildman–Crippen MR) is 97.9 cm³/mol. The minimum absolute atomic E-state index is 0.170. The highest BCUT2D eigenvalue weighted by atomic mass is 32.2. The molecule has 1 atom stereocenters. The fourth-order valence-corrected chi connectivity index (χ4v) is 3.19. The molecule has 0 unspecified atom stereocenters. The molecule has 1 N–H and O–H groups in total. The Bertz CT molecular complexity index is 795. The molecular formula is C19H20N2O3S. The largest absolute Gasteiger partial charge is 0.493 e. The Morgan fingerprint density at radius 3 is 2.56 bits per heavy atom. The maximum atomic E-state index is 11.7. The SMILES string of the molecule is [2H][C@]1(Cc2ccc(OCCc3ccc(CC)cn3)cc2)SC(=O)NC1=O. The van der Waals surface area contributed by atoms with Crippen LogP contribution in [0, 0.1) is 0 Å². The van der Waals surface area contributed by atoms with E-state index in [0.29, 0.717) is 6.61 Å². The molecular weight excluding hydrogens is 336 g/mol. The van der Waals surface area contributed by atoms with Crippen LogP contribution < -0.4 is 10.1 Å². The highest BCUT2D eigenvalue weighted by Crippen LogP contribution is 2.23. The van der Waals surface area contributed by atoms with Crippen LogP contribution in [-0.4, -0.2) is 28.0 Å². The van der Waals surface area contributed by atoms with Crippen LogP contribution in [0.25, 0.3) is 0 Å². The van der Waals surface area contributed by atoms with Gasteiger partial charge in [0.05, 0.1) is 13.2 Å². The van der Waals surface area contributed by atoms with Crippen LogP contribution in [0.5, 0.6) is 5.75 Å². The predicted octanol–water partition coefficient (Wildman–Crippen LogP) is 3.16. The average molecular weight is 357 g/mol. The van der Waals surface area contributed by atoms with Gasteiger partial charge in [0.15, 0.2) is 0 Å². The van der Waals surface area contributed by atoms with Crippen molar-refractivity contribution in [3.63, 3.8) is 0 Å². The number of carbonyl (C=O) groups is 2. The van der Waals surface area contributed by atoms with Gasteiger partial charge < -0.3 is 4.74 Å². The molecule has 0 radical (unpaired) electrons. The van der Waals surface area contributed by atoms with Crippen LogP contribution in [0.3, 0.4) is 0 Å². The van der Waals surface area contributed by atoms with E-state index in [0.717, 1.165) is 41.6 Å². The summed E-state index contributed by atoms with van der Waals surface area (Å²) in [4.78, 5) is 27.4. The molecule has 1 aromatic heterocycles. The number of carbonyl (C=O) groups excluding carboxylic acids is 2. The van der Waals surface area contributed by atoms with Crippen LogP contribution >= 0.6 is 11.8 Å². The minimum atomic E-state index is -1.49. The number of pyridine rings is 1. The third-order valence-corrected chi connectivity index (χ3v) is 4.76. The minimum Gasteiger partial charge on any atom is -0.493 e. The molecule has 0 aliphatic carbocycles. The normalized spacial score (nSPS) is 20.3. The van der Waals surface area contributed by atoms with Crippen LogP contribution in [0.1, 0.15) is 25.1 Å². The average Bonchev–Trinajstić information content (AvgIpc) is 2.88. The van der Waals surface area contributed by atoms with E-state index in [1.54, 1.807) is 0 Å². The van der Waals surface area contributed by atoms with Gasteiger partial charge in [0.2, 0.25) is 5.91 Å². The van der Waals surface area contributed by atoms with E-state index in [2.05, 4.69) is 23.3 Å². The van der Waals surface area contributed by atoms with E-state index in [-0.39, 0.29) is 6.42 Å². The maximum absolute atomic E-state index is 11.7. The number of nitrogens with one attached hydrogen (secondary N) is 1. The van der Waals surface area contributed by atoms with Gasteiger partial charge in [-0.25, -0.2) is 0 Å². The number of ether oxygens (including phenoxy) is 1. The number of hydrogen-bond acceptors (Lipinski definition) is 5. The molecule has 1 aliphatic heterocycles. The number of thioether (sulfide) groups is 1. The van der Waals surface area contributed by atoms with Gasteiger partial charge in [-0.05, 0) is 42.2 Å². The highest BCUT2D eigenvalue weighted by Gasteiger charge is 2.31. The second-order valence-corrected chi connectivity index (χ2v) is 6.77. The Labute approximate surface area is 152 Å². The van der Waals surface area contributed by atoms with Gasteiger partial charge in [0.1, 0.15) is 5.75 Å². The molecule has 130 valence electrons. The van der Waals surface area contributed by atoms with Crippen LogP contribution in [-0.2, 0) is 24.1 Å². The first-order chi connectivity index (χ1) is 12.5. The van der Waals surface area contributed by atoms with Gasteiger partial charge in [-0.15, -0.1) is 0 Å². The molecule has 1 saturated heterocycles. The molecule has 1 aromatic carbocycles. The zero-order chi connectivity index (χ0) is 18.6. The number of benzene rings is 1. The number of rotatable bonds is 7. The van der Waals surface area contributed by atoms with Crippen LogP contribution in [0.15, 0.2) is 42.6 Å². The van der Waals surface area contributed by atoms with Gasteiger partial charge in [-0.1, -0.05) is 36.9 Å². The summed E-state index contributed by atoms with van der Waals surface area (Å²) in [7, 11) is 0.